The Morgan fingerprint density at radius 3 is 2.53 bits per heavy atom. The van der Waals surface area contributed by atoms with Gasteiger partial charge in [-0.2, -0.15) is 0 Å². The standard InChI is InChI=1S/C20H20FN5O2S2/c1-12-5-3-6-13(2)18(12)24-16(27)10-22-17(28)11-29-20-26-25-19(30-20)23-15-8-4-7-14(21)9-15/h3-9H,10-11H2,1-2H3,(H,22,28)(H,23,25)(H,24,27). The van der Waals surface area contributed by atoms with Gasteiger partial charge in [-0.05, 0) is 43.2 Å². The van der Waals surface area contributed by atoms with Crippen molar-refractivity contribution >= 4 is 51.4 Å². The van der Waals surface area contributed by atoms with Gasteiger partial charge in [0.25, 0.3) is 0 Å². The number of thioether (sulfide) groups is 1. The summed E-state index contributed by atoms with van der Waals surface area (Å²) >= 11 is 2.46. The van der Waals surface area contributed by atoms with E-state index in [-0.39, 0.29) is 29.9 Å². The minimum absolute atomic E-state index is 0.102. The van der Waals surface area contributed by atoms with E-state index in [4.69, 9.17) is 0 Å². The number of amides is 2. The SMILES string of the molecule is Cc1cccc(C)c1NC(=O)CNC(=O)CSc1nnc(Nc2cccc(F)c2)s1. The van der Waals surface area contributed by atoms with Crippen LogP contribution in [0.15, 0.2) is 46.8 Å². The van der Waals surface area contributed by atoms with Crippen molar-refractivity contribution in [3.05, 3.63) is 59.4 Å². The summed E-state index contributed by atoms with van der Waals surface area (Å²) in [5, 5.41) is 16.8. The molecule has 3 rings (SSSR count). The van der Waals surface area contributed by atoms with Crippen molar-refractivity contribution in [1.29, 1.82) is 0 Å². The molecule has 2 amide bonds. The van der Waals surface area contributed by atoms with E-state index in [0.29, 0.717) is 15.2 Å². The Morgan fingerprint density at radius 2 is 1.80 bits per heavy atom. The molecule has 0 unspecified atom stereocenters. The first kappa shape index (κ1) is 21.7. The van der Waals surface area contributed by atoms with E-state index >= 15 is 0 Å². The number of anilines is 3. The molecular formula is C20H20FN5O2S2. The molecule has 3 N–H and O–H groups in total. The Labute approximate surface area is 181 Å². The Bertz CT molecular complexity index is 1040. The van der Waals surface area contributed by atoms with Gasteiger partial charge in [-0.1, -0.05) is 47.4 Å². The van der Waals surface area contributed by atoms with E-state index in [1.165, 1.54) is 35.2 Å². The average Bonchev–Trinajstić information content (AvgIpc) is 3.15. The maximum absolute atomic E-state index is 13.2. The van der Waals surface area contributed by atoms with Gasteiger partial charge in [0.2, 0.25) is 16.9 Å². The van der Waals surface area contributed by atoms with Crippen molar-refractivity contribution in [2.24, 2.45) is 0 Å². The second-order valence-electron chi connectivity index (χ2n) is 6.39. The summed E-state index contributed by atoms with van der Waals surface area (Å²) in [7, 11) is 0. The highest BCUT2D eigenvalue weighted by molar-refractivity contribution is 8.01. The van der Waals surface area contributed by atoms with E-state index in [9.17, 15) is 14.0 Å². The molecule has 0 aliphatic carbocycles. The van der Waals surface area contributed by atoms with Crippen molar-refractivity contribution in [2.75, 3.05) is 22.9 Å². The Balaban J connectivity index is 1.42. The highest BCUT2D eigenvalue weighted by Gasteiger charge is 2.11. The number of rotatable bonds is 8. The lowest BCUT2D eigenvalue weighted by Gasteiger charge is -2.11. The van der Waals surface area contributed by atoms with Crippen LogP contribution in [0.2, 0.25) is 0 Å². The van der Waals surface area contributed by atoms with E-state index in [1.807, 2.05) is 32.0 Å². The van der Waals surface area contributed by atoms with E-state index in [0.717, 1.165) is 16.8 Å². The number of carbonyl (C=O) groups excluding carboxylic acids is 2. The van der Waals surface area contributed by atoms with Crippen LogP contribution in [0.5, 0.6) is 0 Å². The number of benzene rings is 2. The highest BCUT2D eigenvalue weighted by Crippen LogP contribution is 2.27. The molecule has 1 aromatic heterocycles. The van der Waals surface area contributed by atoms with Crippen molar-refractivity contribution in [2.45, 2.75) is 18.2 Å². The van der Waals surface area contributed by atoms with Gasteiger partial charge in [-0.25, -0.2) is 4.39 Å². The monoisotopic (exact) mass is 445 g/mol. The summed E-state index contributed by atoms with van der Waals surface area (Å²) in [4.78, 5) is 24.1. The molecule has 30 heavy (non-hydrogen) atoms. The number of hydrogen-bond donors (Lipinski definition) is 3. The third kappa shape index (κ3) is 6.26. The van der Waals surface area contributed by atoms with E-state index < -0.39 is 0 Å². The number of halogens is 1. The molecule has 0 fully saturated rings. The van der Waals surface area contributed by atoms with E-state index in [2.05, 4.69) is 26.1 Å². The minimum Gasteiger partial charge on any atom is -0.346 e. The van der Waals surface area contributed by atoms with Crippen molar-refractivity contribution in [3.63, 3.8) is 0 Å². The van der Waals surface area contributed by atoms with Crippen LogP contribution >= 0.6 is 23.1 Å². The van der Waals surface area contributed by atoms with Gasteiger partial charge in [0.05, 0.1) is 12.3 Å². The van der Waals surface area contributed by atoms with Crippen molar-refractivity contribution in [1.82, 2.24) is 15.5 Å². The van der Waals surface area contributed by atoms with Gasteiger partial charge in [0, 0.05) is 11.4 Å². The number of para-hydroxylation sites is 1. The summed E-state index contributed by atoms with van der Waals surface area (Å²) in [6.45, 7) is 3.71. The van der Waals surface area contributed by atoms with Crippen LogP contribution in [0.3, 0.4) is 0 Å². The van der Waals surface area contributed by atoms with Crippen LogP contribution in [0.25, 0.3) is 0 Å². The first-order valence-corrected chi connectivity index (χ1v) is 10.8. The van der Waals surface area contributed by atoms with Crippen molar-refractivity contribution < 1.29 is 14.0 Å². The normalized spacial score (nSPS) is 10.5. The summed E-state index contributed by atoms with van der Waals surface area (Å²) in [6.07, 6.45) is 0. The molecule has 10 heteroatoms. The molecular weight excluding hydrogens is 425 g/mol. The molecule has 0 atom stereocenters. The predicted molar refractivity (Wildman–Crippen MR) is 118 cm³/mol. The second-order valence-corrected chi connectivity index (χ2v) is 8.59. The fourth-order valence-corrected chi connectivity index (χ4v) is 4.16. The summed E-state index contributed by atoms with van der Waals surface area (Å²) in [5.41, 5.74) is 3.25. The maximum Gasteiger partial charge on any atom is 0.243 e. The zero-order valence-corrected chi connectivity index (χ0v) is 18.0. The lowest BCUT2D eigenvalue weighted by Crippen LogP contribution is -2.34. The third-order valence-corrected chi connectivity index (χ3v) is 5.97. The number of nitrogens with one attached hydrogen (secondary N) is 3. The lowest BCUT2D eigenvalue weighted by atomic mass is 10.1. The van der Waals surface area contributed by atoms with Crippen LogP contribution in [0.1, 0.15) is 11.1 Å². The zero-order chi connectivity index (χ0) is 21.5. The summed E-state index contributed by atoms with van der Waals surface area (Å²) < 4.78 is 13.8. The van der Waals surface area contributed by atoms with Crippen LogP contribution < -0.4 is 16.0 Å². The van der Waals surface area contributed by atoms with Crippen LogP contribution in [-0.2, 0) is 9.59 Å². The minimum atomic E-state index is -0.350. The summed E-state index contributed by atoms with van der Waals surface area (Å²) in [5.74, 6) is -0.821. The predicted octanol–water partition coefficient (Wildman–Crippen LogP) is 3.88. The number of nitrogens with zero attached hydrogens (tertiary/aromatic N) is 2. The van der Waals surface area contributed by atoms with Gasteiger partial charge < -0.3 is 16.0 Å². The first-order chi connectivity index (χ1) is 14.4. The first-order valence-electron chi connectivity index (χ1n) is 9.02. The largest absolute Gasteiger partial charge is 0.346 e. The van der Waals surface area contributed by atoms with Crippen LogP contribution in [0.4, 0.5) is 20.9 Å². The van der Waals surface area contributed by atoms with Gasteiger partial charge in [-0.3, -0.25) is 9.59 Å². The average molecular weight is 446 g/mol. The molecule has 7 nitrogen and oxygen atoms in total. The molecule has 3 aromatic rings. The number of carbonyl (C=O) groups is 2. The zero-order valence-electron chi connectivity index (χ0n) is 16.4. The fraction of sp³-hybridized carbons (Fsp3) is 0.200. The molecule has 0 saturated heterocycles. The van der Waals surface area contributed by atoms with Crippen LogP contribution in [0, 0.1) is 19.7 Å². The second kappa shape index (κ2) is 10.2. The molecule has 0 saturated carbocycles. The Kier molecular flexibility index (Phi) is 7.36. The molecule has 0 radical (unpaired) electrons. The van der Waals surface area contributed by atoms with Gasteiger partial charge >= 0.3 is 0 Å². The van der Waals surface area contributed by atoms with Gasteiger partial charge in [-0.15, -0.1) is 10.2 Å². The summed E-state index contributed by atoms with van der Waals surface area (Å²) in [6, 6.07) is 11.8. The van der Waals surface area contributed by atoms with E-state index in [1.54, 1.807) is 12.1 Å². The lowest BCUT2D eigenvalue weighted by molar-refractivity contribution is -0.122. The highest BCUT2D eigenvalue weighted by atomic mass is 32.2. The Hall–Kier alpha value is -2.98. The topological polar surface area (TPSA) is 96.0 Å². The third-order valence-electron chi connectivity index (χ3n) is 4.00. The van der Waals surface area contributed by atoms with Gasteiger partial charge in [0.15, 0.2) is 4.34 Å². The van der Waals surface area contributed by atoms with Gasteiger partial charge in [0.1, 0.15) is 5.82 Å². The number of aromatic nitrogens is 2. The molecule has 0 spiro atoms. The quantitative estimate of drug-likeness (QED) is 0.456. The molecule has 2 aromatic carbocycles. The Morgan fingerprint density at radius 1 is 1.07 bits per heavy atom. The maximum atomic E-state index is 13.2. The van der Waals surface area contributed by atoms with Crippen molar-refractivity contribution in [3.8, 4) is 0 Å². The molecule has 0 bridgehead atoms. The molecule has 1 heterocycles. The fourth-order valence-electron chi connectivity index (χ4n) is 2.56. The number of aryl methyl sites for hydroxylation is 2. The number of hydrogen-bond acceptors (Lipinski definition) is 7. The molecule has 0 aliphatic rings. The van der Waals surface area contributed by atoms with Crippen LogP contribution in [-0.4, -0.2) is 34.3 Å². The molecule has 156 valence electrons. The smallest absolute Gasteiger partial charge is 0.243 e. The molecule has 0 aliphatic heterocycles.